The Kier molecular flexibility index (Phi) is 7.40. The van der Waals surface area contributed by atoms with Gasteiger partial charge in [0, 0.05) is 19.7 Å². The molecule has 0 aromatic heterocycles. The molecule has 0 aliphatic heterocycles. The standard InChI is InChI=1S/C16H23N3O/c1-4-8-15(19-17-3)12-18-16(13(2)20)11-14-9-6-5-7-10-14/h5-7,9-10,12,15-16H,4,8,11H2,1-3H3/b18-12+,19-17+/t15?,16-/m0/s1. The van der Waals surface area contributed by atoms with Crippen LogP contribution in [0.25, 0.3) is 0 Å². The number of ketones is 1. The van der Waals surface area contributed by atoms with Crippen molar-refractivity contribution in [3.8, 4) is 0 Å². The van der Waals surface area contributed by atoms with Gasteiger partial charge in [-0.15, -0.1) is 0 Å². The minimum Gasteiger partial charge on any atom is -0.298 e. The van der Waals surface area contributed by atoms with E-state index >= 15 is 0 Å². The lowest BCUT2D eigenvalue weighted by molar-refractivity contribution is -0.118. The molecule has 0 spiro atoms. The highest BCUT2D eigenvalue weighted by atomic mass is 16.1. The summed E-state index contributed by atoms with van der Waals surface area (Å²) in [5.41, 5.74) is 1.12. The molecule has 20 heavy (non-hydrogen) atoms. The number of benzene rings is 1. The third-order valence-corrected chi connectivity index (χ3v) is 3.03. The second-order valence-electron chi connectivity index (χ2n) is 4.79. The van der Waals surface area contributed by atoms with Crippen LogP contribution in [0.3, 0.4) is 0 Å². The zero-order valence-electron chi connectivity index (χ0n) is 12.5. The molecule has 0 saturated heterocycles. The molecule has 1 rings (SSSR count). The molecule has 0 heterocycles. The summed E-state index contributed by atoms with van der Waals surface area (Å²) in [6.07, 6.45) is 4.32. The Bertz CT molecular complexity index is 454. The third kappa shape index (κ3) is 5.87. The smallest absolute Gasteiger partial charge is 0.154 e. The number of rotatable bonds is 8. The van der Waals surface area contributed by atoms with Crippen molar-refractivity contribution in [3.63, 3.8) is 0 Å². The average Bonchev–Trinajstić information content (AvgIpc) is 2.44. The number of hydrogen-bond donors (Lipinski definition) is 0. The number of hydrogen-bond acceptors (Lipinski definition) is 4. The predicted octanol–water partition coefficient (Wildman–Crippen LogP) is 3.51. The molecule has 0 amide bonds. The summed E-state index contributed by atoms with van der Waals surface area (Å²) in [5, 5.41) is 7.93. The van der Waals surface area contributed by atoms with Crippen molar-refractivity contribution >= 4 is 12.0 Å². The number of carbonyl (C=O) groups is 1. The second-order valence-corrected chi connectivity index (χ2v) is 4.79. The SMILES string of the molecule is CCCC(/C=N/[C@@H](Cc1ccccc1)C(C)=O)/N=N/C. The van der Waals surface area contributed by atoms with E-state index in [0.29, 0.717) is 6.42 Å². The highest BCUT2D eigenvalue weighted by molar-refractivity contribution is 5.83. The maximum absolute atomic E-state index is 11.7. The van der Waals surface area contributed by atoms with Gasteiger partial charge in [0.15, 0.2) is 5.78 Å². The Morgan fingerprint density at radius 1 is 1.30 bits per heavy atom. The molecule has 108 valence electrons. The number of nitrogens with zero attached hydrogens (tertiary/aromatic N) is 3. The van der Waals surface area contributed by atoms with Gasteiger partial charge in [-0.25, -0.2) is 0 Å². The Morgan fingerprint density at radius 3 is 2.55 bits per heavy atom. The van der Waals surface area contributed by atoms with Crippen LogP contribution in [0.4, 0.5) is 0 Å². The zero-order chi connectivity index (χ0) is 14.8. The number of carbonyl (C=O) groups excluding carboxylic acids is 1. The molecule has 1 unspecified atom stereocenters. The predicted molar refractivity (Wildman–Crippen MR) is 82.6 cm³/mol. The first kappa shape index (κ1) is 16.2. The van der Waals surface area contributed by atoms with Crippen LogP contribution in [0, 0.1) is 0 Å². The molecule has 0 aliphatic carbocycles. The van der Waals surface area contributed by atoms with E-state index < -0.39 is 0 Å². The van der Waals surface area contributed by atoms with E-state index in [2.05, 4.69) is 22.1 Å². The molecule has 0 saturated carbocycles. The molecule has 2 atom stereocenters. The summed E-state index contributed by atoms with van der Waals surface area (Å²) in [4.78, 5) is 16.1. The third-order valence-electron chi connectivity index (χ3n) is 3.03. The van der Waals surface area contributed by atoms with Gasteiger partial charge < -0.3 is 0 Å². The lowest BCUT2D eigenvalue weighted by atomic mass is 10.0. The molecule has 0 fully saturated rings. The fraction of sp³-hybridized carbons (Fsp3) is 0.500. The Balaban J connectivity index is 2.73. The molecular weight excluding hydrogens is 250 g/mol. The van der Waals surface area contributed by atoms with Crippen LogP contribution in [-0.4, -0.2) is 31.1 Å². The van der Waals surface area contributed by atoms with Gasteiger partial charge in [-0.1, -0.05) is 43.7 Å². The van der Waals surface area contributed by atoms with E-state index in [4.69, 9.17) is 0 Å². The fourth-order valence-corrected chi connectivity index (χ4v) is 1.95. The molecule has 0 N–H and O–H groups in total. The van der Waals surface area contributed by atoms with Gasteiger partial charge in [-0.05, 0) is 18.9 Å². The topological polar surface area (TPSA) is 54.1 Å². The molecular formula is C16H23N3O. The van der Waals surface area contributed by atoms with E-state index in [1.807, 2.05) is 30.3 Å². The largest absolute Gasteiger partial charge is 0.298 e. The van der Waals surface area contributed by atoms with Gasteiger partial charge in [0.25, 0.3) is 0 Å². The number of azo groups is 1. The van der Waals surface area contributed by atoms with Crippen molar-refractivity contribution < 1.29 is 4.79 Å². The van der Waals surface area contributed by atoms with Crippen molar-refractivity contribution in [2.45, 2.75) is 45.2 Å². The molecule has 0 radical (unpaired) electrons. The molecule has 0 aliphatic rings. The van der Waals surface area contributed by atoms with Gasteiger partial charge in [0.1, 0.15) is 12.1 Å². The summed E-state index contributed by atoms with van der Waals surface area (Å²) in [6, 6.07) is 9.59. The Hall–Kier alpha value is -1.84. The first-order valence-corrected chi connectivity index (χ1v) is 7.04. The van der Waals surface area contributed by atoms with E-state index in [1.165, 1.54) is 0 Å². The Morgan fingerprint density at radius 2 is 2.00 bits per heavy atom. The summed E-state index contributed by atoms with van der Waals surface area (Å²) in [6.45, 7) is 3.68. The van der Waals surface area contributed by atoms with E-state index in [1.54, 1.807) is 20.2 Å². The summed E-state index contributed by atoms with van der Waals surface area (Å²) in [5.74, 6) is 0.0776. The molecule has 1 aromatic carbocycles. The van der Waals surface area contributed by atoms with E-state index in [0.717, 1.165) is 18.4 Å². The molecule has 1 aromatic rings. The summed E-state index contributed by atoms with van der Waals surface area (Å²) < 4.78 is 0. The minimum atomic E-state index is -0.330. The van der Waals surface area contributed by atoms with Gasteiger partial charge in [-0.3, -0.25) is 9.79 Å². The first-order valence-electron chi connectivity index (χ1n) is 7.04. The lowest BCUT2D eigenvalue weighted by Gasteiger charge is -2.10. The first-order chi connectivity index (χ1) is 9.67. The summed E-state index contributed by atoms with van der Waals surface area (Å²) in [7, 11) is 1.66. The molecule has 4 heteroatoms. The molecule has 4 nitrogen and oxygen atoms in total. The van der Waals surface area contributed by atoms with Crippen molar-refractivity contribution in [1.82, 2.24) is 0 Å². The number of Topliss-reactive ketones (excluding diaryl/α,β-unsaturated/α-hetero) is 1. The zero-order valence-corrected chi connectivity index (χ0v) is 12.5. The van der Waals surface area contributed by atoms with Crippen LogP contribution in [0.5, 0.6) is 0 Å². The monoisotopic (exact) mass is 273 g/mol. The van der Waals surface area contributed by atoms with Crippen LogP contribution in [0.2, 0.25) is 0 Å². The van der Waals surface area contributed by atoms with Gasteiger partial charge in [0.2, 0.25) is 0 Å². The Labute approximate surface area is 121 Å². The highest BCUT2D eigenvalue weighted by Gasteiger charge is 2.13. The van der Waals surface area contributed by atoms with Crippen molar-refractivity contribution in [3.05, 3.63) is 35.9 Å². The number of aliphatic imine (C=N–C) groups is 1. The second kappa shape index (κ2) is 9.13. The van der Waals surface area contributed by atoms with Crippen LogP contribution < -0.4 is 0 Å². The van der Waals surface area contributed by atoms with Crippen molar-refractivity contribution in [2.75, 3.05) is 7.05 Å². The average molecular weight is 273 g/mol. The van der Waals surface area contributed by atoms with E-state index in [9.17, 15) is 4.79 Å². The van der Waals surface area contributed by atoms with Crippen LogP contribution in [-0.2, 0) is 11.2 Å². The van der Waals surface area contributed by atoms with Gasteiger partial charge in [-0.2, -0.15) is 10.2 Å². The normalized spacial score (nSPS) is 14.8. The van der Waals surface area contributed by atoms with E-state index in [-0.39, 0.29) is 17.9 Å². The summed E-state index contributed by atoms with van der Waals surface area (Å²) >= 11 is 0. The maximum atomic E-state index is 11.7. The lowest BCUT2D eigenvalue weighted by Crippen LogP contribution is -2.20. The van der Waals surface area contributed by atoms with Gasteiger partial charge in [0.05, 0.1) is 0 Å². The van der Waals surface area contributed by atoms with Crippen molar-refractivity contribution in [2.24, 2.45) is 15.2 Å². The van der Waals surface area contributed by atoms with Gasteiger partial charge >= 0.3 is 0 Å². The quantitative estimate of drug-likeness (QED) is 0.528. The van der Waals surface area contributed by atoms with Crippen LogP contribution >= 0.6 is 0 Å². The van der Waals surface area contributed by atoms with Crippen molar-refractivity contribution in [1.29, 1.82) is 0 Å². The van der Waals surface area contributed by atoms with Crippen LogP contribution in [0.1, 0.15) is 32.3 Å². The highest BCUT2D eigenvalue weighted by Crippen LogP contribution is 2.08. The molecule has 0 bridgehead atoms. The maximum Gasteiger partial charge on any atom is 0.154 e. The minimum absolute atomic E-state index is 0.0253. The fourth-order valence-electron chi connectivity index (χ4n) is 1.95. The van der Waals surface area contributed by atoms with Crippen LogP contribution in [0.15, 0.2) is 45.6 Å².